The van der Waals surface area contributed by atoms with E-state index in [2.05, 4.69) is 25.3 Å². The predicted molar refractivity (Wildman–Crippen MR) is 136 cm³/mol. The van der Waals surface area contributed by atoms with Gasteiger partial charge in [-0.1, -0.05) is 0 Å². The summed E-state index contributed by atoms with van der Waals surface area (Å²) in [5.41, 5.74) is 3.08. The zero-order valence-corrected chi connectivity index (χ0v) is 21.2. The molecule has 4 aromatic rings. The maximum Gasteiger partial charge on any atom is 0.268 e. The normalized spacial score (nSPS) is 17.6. The second-order valence-electron chi connectivity index (χ2n) is 9.42. The van der Waals surface area contributed by atoms with Crippen molar-refractivity contribution in [3.63, 3.8) is 0 Å². The first-order chi connectivity index (χ1) is 18.8. The molecule has 0 spiro atoms. The fraction of sp³-hybridized carbons (Fsp3) is 0.308. The molecule has 2 aliphatic heterocycles. The number of carbonyl (C=O) groups excluding carboxylic acids is 2. The largest absolute Gasteiger partial charge is 0.476 e. The number of benzene rings is 1. The van der Waals surface area contributed by atoms with Crippen molar-refractivity contribution in [2.45, 2.75) is 32.9 Å². The molecule has 0 bridgehead atoms. The Morgan fingerprint density at radius 3 is 2.69 bits per heavy atom. The van der Waals surface area contributed by atoms with E-state index >= 15 is 0 Å². The first-order valence-corrected chi connectivity index (χ1v) is 12.4. The summed E-state index contributed by atoms with van der Waals surface area (Å²) in [4.78, 5) is 45.9. The van der Waals surface area contributed by atoms with Crippen LogP contribution in [0.4, 0.5) is 20.4 Å². The van der Waals surface area contributed by atoms with Crippen LogP contribution >= 0.6 is 0 Å². The summed E-state index contributed by atoms with van der Waals surface area (Å²) in [6.07, 6.45) is 6.12. The number of amides is 2. The van der Waals surface area contributed by atoms with Crippen LogP contribution in [0.15, 0.2) is 36.9 Å². The molecule has 200 valence electrons. The van der Waals surface area contributed by atoms with Crippen molar-refractivity contribution in [3.8, 4) is 17.0 Å². The summed E-state index contributed by atoms with van der Waals surface area (Å²) in [6.45, 7) is 5.00. The molecule has 1 fully saturated rings. The minimum Gasteiger partial charge on any atom is -0.476 e. The van der Waals surface area contributed by atoms with Crippen LogP contribution in [-0.2, 0) is 16.1 Å². The molecule has 6 rings (SSSR count). The molecule has 39 heavy (non-hydrogen) atoms. The highest BCUT2D eigenvalue weighted by Crippen LogP contribution is 2.38. The van der Waals surface area contributed by atoms with Crippen molar-refractivity contribution < 1.29 is 23.1 Å². The molecule has 2 amide bonds. The SMILES string of the molecule is Cc1nc2cnc(-c3cnc(N4CCNC(=O)CC4)nc3)cn2c1CN1C(=O)[C@@H](C)Oc2c(F)cc(F)cc21. The Balaban J connectivity index is 1.33. The van der Waals surface area contributed by atoms with E-state index in [1.165, 1.54) is 11.8 Å². The second kappa shape index (κ2) is 9.57. The van der Waals surface area contributed by atoms with Gasteiger partial charge in [-0.15, -0.1) is 0 Å². The standard InChI is InChI=1S/C26H24F2N8O3/c1-14-21(13-36-20-8-17(27)7-18(28)24(20)39-15(2)25(36)38)35-12-19(30-11-22(35)33-14)16-9-31-26(32-10-16)34-5-3-23(37)29-4-6-34/h7-12,15H,3-6,13H2,1-2H3,(H,29,37)/t15-/m1/s1. The Morgan fingerprint density at radius 1 is 1.10 bits per heavy atom. The third-order valence-electron chi connectivity index (χ3n) is 6.83. The number of ether oxygens (including phenoxy) is 1. The van der Waals surface area contributed by atoms with Crippen LogP contribution in [0.5, 0.6) is 5.75 Å². The van der Waals surface area contributed by atoms with E-state index in [-0.39, 0.29) is 23.9 Å². The number of halogens is 2. The van der Waals surface area contributed by atoms with E-state index in [1.807, 2.05) is 4.90 Å². The maximum atomic E-state index is 14.5. The molecule has 2 aliphatic rings. The monoisotopic (exact) mass is 534 g/mol. The first-order valence-electron chi connectivity index (χ1n) is 12.4. The lowest BCUT2D eigenvalue weighted by Crippen LogP contribution is -2.44. The summed E-state index contributed by atoms with van der Waals surface area (Å²) in [5.74, 6) is -1.75. The summed E-state index contributed by atoms with van der Waals surface area (Å²) < 4.78 is 35.8. The highest BCUT2D eigenvalue weighted by molar-refractivity contribution is 5.99. The summed E-state index contributed by atoms with van der Waals surface area (Å²) in [5, 5.41) is 2.83. The van der Waals surface area contributed by atoms with Crippen LogP contribution in [0.3, 0.4) is 0 Å². The van der Waals surface area contributed by atoms with Gasteiger partial charge in [-0.2, -0.15) is 0 Å². The van der Waals surface area contributed by atoms with Gasteiger partial charge in [-0.05, 0) is 13.8 Å². The van der Waals surface area contributed by atoms with Gasteiger partial charge < -0.3 is 15.0 Å². The quantitative estimate of drug-likeness (QED) is 0.424. The number of anilines is 2. The van der Waals surface area contributed by atoms with Crippen LogP contribution in [0.25, 0.3) is 16.9 Å². The minimum absolute atomic E-state index is 0.00467. The maximum absolute atomic E-state index is 14.5. The van der Waals surface area contributed by atoms with Crippen molar-refractivity contribution in [2.24, 2.45) is 0 Å². The molecule has 0 radical (unpaired) electrons. The second-order valence-corrected chi connectivity index (χ2v) is 9.42. The Morgan fingerprint density at radius 2 is 1.90 bits per heavy atom. The summed E-state index contributed by atoms with van der Waals surface area (Å²) >= 11 is 0. The Bertz CT molecular complexity index is 1610. The lowest BCUT2D eigenvalue weighted by molar-refractivity contribution is -0.125. The van der Waals surface area contributed by atoms with E-state index in [9.17, 15) is 18.4 Å². The average molecular weight is 535 g/mol. The molecule has 3 aromatic heterocycles. The van der Waals surface area contributed by atoms with Gasteiger partial charge in [-0.25, -0.2) is 23.7 Å². The minimum atomic E-state index is -0.942. The van der Waals surface area contributed by atoms with Crippen molar-refractivity contribution in [1.29, 1.82) is 0 Å². The third kappa shape index (κ3) is 4.49. The van der Waals surface area contributed by atoms with Crippen molar-refractivity contribution in [2.75, 3.05) is 29.4 Å². The molecule has 1 saturated heterocycles. The fourth-order valence-electron chi connectivity index (χ4n) is 4.79. The van der Waals surface area contributed by atoms with Crippen molar-refractivity contribution in [3.05, 3.63) is 59.9 Å². The Hall–Kier alpha value is -4.68. The average Bonchev–Trinajstić information content (AvgIpc) is 3.06. The molecule has 0 saturated carbocycles. The number of aromatic nitrogens is 5. The number of imidazole rings is 1. The molecule has 1 N–H and O–H groups in total. The lowest BCUT2D eigenvalue weighted by atomic mass is 10.1. The number of carbonyl (C=O) groups is 2. The van der Waals surface area contributed by atoms with Gasteiger partial charge in [0.15, 0.2) is 23.3 Å². The first kappa shape index (κ1) is 24.6. The van der Waals surface area contributed by atoms with Gasteiger partial charge in [0.2, 0.25) is 11.9 Å². The molecule has 5 heterocycles. The van der Waals surface area contributed by atoms with Gasteiger partial charge in [-0.3, -0.25) is 23.9 Å². The molecule has 1 atom stereocenters. The Labute approximate surface area is 221 Å². The number of fused-ring (bicyclic) bond motifs is 2. The highest BCUT2D eigenvalue weighted by Gasteiger charge is 2.35. The molecule has 0 aliphatic carbocycles. The summed E-state index contributed by atoms with van der Waals surface area (Å²) in [6, 6.07) is 1.82. The zero-order chi connectivity index (χ0) is 27.3. The van der Waals surface area contributed by atoms with Gasteiger partial charge in [0, 0.05) is 62.3 Å². The molecule has 0 unspecified atom stereocenters. The highest BCUT2D eigenvalue weighted by atomic mass is 19.1. The van der Waals surface area contributed by atoms with E-state index < -0.39 is 23.6 Å². The van der Waals surface area contributed by atoms with E-state index in [1.54, 1.807) is 36.1 Å². The van der Waals surface area contributed by atoms with Crippen LogP contribution in [0.2, 0.25) is 0 Å². The number of aryl methyl sites for hydroxylation is 1. The van der Waals surface area contributed by atoms with E-state index in [4.69, 9.17) is 4.74 Å². The van der Waals surface area contributed by atoms with Gasteiger partial charge in [0.25, 0.3) is 5.91 Å². The topological polar surface area (TPSA) is 118 Å². The number of nitrogens with zero attached hydrogens (tertiary/aromatic N) is 7. The van der Waals surface area contributed by atoms with Crippen molar-refractivity contribution >= 4 is 29.1 Å². The molecule has 1 aromatic carbocycles. The van der Waals surface area contributed by atoms with Gasteiger partial charge in [0.1, 0.15) is 5.82 Å². The van der Waals surface area contributed by atoms with E-state index in [0.717, 1.165) is 12.1 Å². The van der Waals surface area contributed by atoms with Crippen LogP contribution < -0.4 is 19.9 Å². The predicted octanol–water partition coefficient (Wildman–Crippen LogP) is 2.41. The zero-order valence-electron chi connectivity index (χ0n) is 21.2. The molecular formula is C26H24F2N8O3. The fourth-order valence-corrected chi connectivity index (χ4v) is 4.79. The number of nitrogens with one attached hydrogen (secondary N) is 1. The van der Waals surface area contributed by atoms with Gasteiger partial charge in [0.05, 0.1) is 35.5 Å². The summed E-state index contributed by atoms with van der Waals surface area (Å²) in [7, 11) is 0. The molecule has 11 nitrogen and oxygen atoms in total. The van der Waals surface area contributed by atoms with Crippen LogP contribution in [0, 0.1) is 18.6 Å². The van der Waals surface area contributed by atoms with Crippen molar-refractivity contribution in [1.82, 2.24) is 29.7 Å². The smallest absolute Gasteiger partial charge is 0.268 e. The molecular weight excluding hydrogens is 510 g/mol. The van der Waals surface area contributed by atoms with Gasteiger partial charge >= 0.3 is 0 Å². The lowest BCUT2D eigenvalue weighted by Gasteiger charge is -2.33. The van der Waals surface area contributed by atoms with Crippen LogP contribution in [0.1, 0.15) is 24.7 Å². The number of hydrogen-bond acceptors (Lipinski definition) is 8. The number of hydrogen-bond donors (Lipinski definition) is 1. The number of rotatable bonds is 4. The third-order valence-corrected chi connectivity index (χ3v) is 6.83. The van der Waals surface area contributed by atoms with E-state index in [0.29, 0.717) is 60.3 Å². The Kier molecular flexibility index (Phi) is 6.04. The molecule has 13 heteroatoms. The van der Waals surface area contributed by atoms with Crippen LogP contribution in [-0.4, -0.2) is 61.9 Å².